The molecule has 1 aromatic heterocycles. The number of hydrogen-bond acceptors (Lipinski definition) is 5. The number of nitrogens with zero attached hydrogens (tertiary/aromatic N) is 3. The Morgan fingerprint density at radius 1 is 1.50 bits per heavy atom. The van der Waals surface area contributed by atoms with Gasteiger partial charge in [0.25, 0.3) is 0 Å². The van der Waals surface area contributed by atoms with Crippen LogP contribution < -0.4 is 5.32 Å². The Morgan fingerprint density at radius 3 is 3.08 bits per heavy atom. The first-order valence-electron chi connectivity index (χ1n) is 8.74. The summed E-state index contributed by atoms with van der Waals surface area (Å²) in [5, 5.41) is 4.58. The van der Waals surface area contributed by atoms with Crippen molar-refractivity contribution in [1.29, 1.82) is 0 Å². The summed E-state index contributed by atoms with van der Waals surface area (Å²) >= 11 is 1.76. The normalized spacial score (nSPS) is 18.4. The van der Waals surface area contributed by atoms with Crippen LogP contribution in [0.3, 0.4) is 0 Å². The molecule has 1 N–H and O–H groups in total. The molecule has 6 nitrogen and oxygen atoms in total. The Hall–Kier alpha value is -1.18. The summed E-state index contributed by atoms with van der Waals surface area (Å²) in [5.74, 6) is 1.59. The van der Waals surface area contributed by atoms with E-state index in [0.717, 1.165) is 56.6 Å². The maximum atomic E-state index is 5.67. The van der Waals surface area contributed by atoms with E-state index in [4.69, 9.17) is 14.5 Å². The standard InChI is InChI=1S/C17H30N4O2S/c1-4-18-17(19-7-5-16-20-11-14(2)24-16)21-8-6-15(12-21)13-23-10-9-22-3/h11,15H,4-10,12-13H2,1-3H3,(H,18,19). The summed E-state index contributed by atoms with van der Waals surface area (Å²) < 4.78 is 10.7. The SMILES string of the molecule is CCNC(=NCCc1ncc(C)s1)N1CCC(COCCOC)C1. The van der Waals surface area contributed by atoms with E-state index in [2.05, 4.69) is 29.0 Å². The lowest BCUT2D eigenvalue weighted by Crippen LogP contribution is -2.40. The number of hydrogen-bond donors (Lipinski definition) is 1. The molecule has 0 radical (unpaired) electrons. The maximum absolute atomic E-state index is 5.67. The van der Waals surface area contributed by atoms with E-state index in [1.807, 2.05) is 6.20 Å². The van der Waals surface area contributed by atoms with Gasteiger partial charge in [0, 0.05) is 56.7 Å². The number of aryl methyl sites for hydroxylation is 1. The molecule has 0 spiro atoms. The van der Waals surface area contributed by atoms with Crippen LogP contribution in [-0.2, 0) is 15.9 Å². The number of aliphatic imine (C=N–C) groups is 1. The molecule has 2 rings (SSSR count). The van der Waals surface area contributed by atoms with Gasteiger partial charge >= 0.3 is 0 Å². The van der Waals surface area contributed by atoms with Crippen molar-refractivity contribution in [2.45, 2.75) is 26.7 Å². The highest BCUT2D eigenvalue weighted by Crippen LogP contribution is 2.17. The van der Waals surface area contributed by atoms with E-state index < -0.39 is 0 Å². The van der Waals surface area contributed by atoms with Crippen LogP contribution in [0, 0.1) is 12.8 Å². The molecule has 0 bridgehead atoms. The molecule has 1 aliphatic heterocycles. The predicted molar refractivity (Wildman–Crippen MR) is 98.9 cm³/mol. The van der Waals surface area contributed by atoms with E-state index in [1.165, 1.54) is 4.88 Å². The second kappa shape index (κ2) is 10.6. The fourth-order valence-corrected chi connectivity index (χ4v) is 3.53. The first-order chi connectivity index (χ1) is 11.7. The Balaban J connectivity index is 1.78. The first-order valence-corrected chi connectivity index (χ1v) is 9.55. The fraction of sp³-hybridized carbons (Fsp3) is 0.765. The molecule has 136 valence electrons. The van der Waals surface area contributed by atoms with Crippen LogP contribution in [0.1, 0.15) is 23.2 Å². The molecule has 0 aromatic carbocycles. The zero-order valence-electron chi connectivity index (χ0n) is 15.1. The van der Waals surface area contributed by atoms with E-state index in [-0.39, 0.29) is 0 Å². The van der Waals surface area contributed by atoms with E-state index >= 15 is 0 Å². The van der Waals surface area contributed by atoms with Crippen molar-refractivity contribution in [2.24, 2.45) is 10.9 Å². The zero-order chi connectivity index (χ0) is 17.2. The molecule has 1 aromatic rings. The number of rotatable bonds is 9. The fourth-order valence-electron chi connectivity index (χ4n) is 2.75. The number of ether oxygens (including phenoxy) is 2. The monoisotopic (exact) mass is 354 g/mol. The van der Waals surface area contributed by atoms with Crippen LogP contribution in [0.4, 0.5) is 0 Å². The second-order valence-corrected chi connectivity index (χ2v) is 7.34. The maximum Gasteiger partial charge on any atom is 0.193 e. The predicted octanol–water partition coefficient (Wildman–Crippen LogP) is 1.94. The van der Waals surface area contributed by atoms with Crippen molar-refractivity contribution >= 4 is 17.3 Å². The average Bonchev–Trinajstić information content (AvgIpc) is 3.20. The summed E-state index contributed by atoms with van der Waals surface area (Å²) in [5.41, 5.74) is 0. The molecule has 1 fully saturated rings. The van der Waals surface area contributed by atoms with Crippen LogP contribution >= 0.6 is 11.3 Å². The van der Waals surface area contributed by atoms with Gasteiger partial charge in [-0.2, -0.15) is 0 Å². The van der Waals surface area contributed by atoms with Crippen LogP contribution in [0.25, 0.3) is 0 Å². The van der Waals surface area contributed by atoms with E-state index in [9.17, 15) is 0 Å². The Kier molecular flexibility index (Phi) is 8.49. The third-order valence-electron chi connectivity index (χ3n) is 3.96. The van der Waals surface area contributed by atoms with Gasteiger partial charge in [0.2, 0.25) is 0 Å². The van der Waals surface area contributed by atoms with Crippen LogP contribution in [0.15, 0.2) is 11.2 Å². The van der Waals surface area contributed by atoms with Gasteiger partial charge in [0.05, 0.1) is 24.8 Å². The molecule has 0 amide bonds. The van der Waals surface area contributed by atoms with Crippen LogP contribution in [0.2, 0.25) is 0 Å². The van der Waals surface area contributed by atoms with Gasteiger partial charge in [0.1, 0.15) is 0 Å². The van der Waals surface area contributed by atoms with Crippen LogP contribution in [-0.4, -0.2) is 69.0 Å². The Bertz CT molecular complexity index is 507. The summed E-state index contributed by atoms with van der Waals surface area (Å²) in [6.45, 7) is 10.1. The number of aromatic nitrogens is 1. The van der Waals surface area contributed by atoms with Gasteiger partial charge < -0.3 is 19.7 Å². The molecule has 1 aliphatic rings. The lowest BCUT2D eigenvalue weighted by atomic mass is 10.1. The van der Waals surface area contributed by atoms with Crippen LogP contribution in [0.5, 0.6) is 0 Å². The molecule has 24 heavy (non-hydrogen) atoms. The van der Waals surface area contributed by atoms with Crippen molar-refractivity contribution in [3.05, 3.63) is 16.1 Å². The van der Waals surface area contributed by atoms with Gasteiger partial charge in [-0.05, 0) is 20.3 Å². The number of methoxy groups -OCH3 is 1. The number of nitrogens with one attached hydrogen (secondary N) is 1. The van der Waals surface area contributed by atoms with Gasteiger partial charge in [0.15, 0.2) is 5.96 Å². The van der Waals surface area contributed by atoms with Gasteiger partial charge in [-0.15, -0.1) is 11.3 Å². The minimum Gasteiger partial charge on any atom is -0.382 e. The van der Waals surface area contributed by atoms with Crippen molar-refractivity contribution in [3.63, 3.8) is 0 Å². The summed E-state index contributed by atoms with van der Waals surface area (Å²) in [4.78, 5) is 12.8. The van der Waals surface area contributed by atoms with Gasteiger partial charge in [-0.25, -0.2) is 4.98 Å². The lowest BCUT2D eigenvalue weighted by molar-refractivity contribution is 0.0536. The molecule has 1 saturated heterocycles. The Labute approximate surface area is 149 Å². The van der Waals surface area contributed by atoms with Gasteiger partial charge in [-0.1, -0.05) is 0 Å². The lowest BCUT2D eigenvalue weighted by Gasteiger charge is -2.21. The minimum atomic E-state index is 0.576. The Morgan fingerprint density at radius 2 is 2.38 bits per heavy atom. The largest absolute Gasteiger partial charge is 0.382 e. The highest BCUT2D eigenvalue weighted by Gasteiger charge is 2.24. The number of likely N-dealkylation sites (tertiary alicyclic amines) is 1. The molecule has 0 saturated carbocycles. The number of thiazole rings is 1. The van der Waals surface area contributed by atoms with Crippen molar-refractivity contribution < 1.29 is 9.47 Å². The topological polar surface area (TPSA) is 59.0 Å². The minimum absolute atomic E-state index is 0.576. The van der Waals surface area contributed by atoms with Gasteiger partial charge in [-0.3, -0.25) is 4.99 Å². The summed E-state index contributed by atoms with van der Waals surface area (Å²) in [6.07, 6.45) is 4.00. The third kappa shape index (κ3) is 6.37. The average molecular weight is 355 g/mol. The highest BCUT2D eigenvalue weighted by atomic mass is 32.1. The molecular weight excluding hydrogens is 324 g/mol. The molecular formula is C17H30N4O2S. The summed E-state index contributed by atoms with van der Waals surface area (Å²) in [6, 6.07) is 0. The molecule has 0 aliphatic carbocycles. The van der Waals surface area contributed by atoms with E-state index in [0.29, 0.717) is 19.1 Å². The molecule has 7 heteroatoms. The highest BCUT2D eigenvalue weighted by molar-refractivity contribution is 7.11. The van der Waals surface area contributed by atoms with Crippen molar-refractivity contribution in [2.75, 3.05) is 53.1 Å². The molecule has 1 unspecified atom stereocenters. The van der Waals surface area contributed by atoms with E-state index in [1.54, 1.807) is 18.4 Å². The third-order valence-corrected chi connectivity index (χ3v) is 4.93. The zero-order valence-corrected chi connectivity index (χ0v) is 15.9. The molecule has 2 heterocycles. The number of guanidine groups is 1. The second-order valence-electron chi connectivity index (χ2n) is 6.02. The molecule has 1 atom stereocenters. The smallest absolute Gasteiger partial charge is 0.193 e. The van der Waals surface area contributed by atoms with Crippen molar-refractivity contribution in [3.8, 4) is 0 Å². The summed E-state index contributed by atoms with van der Waals surface area (Å²) in [7, 11) is 1.70. The quantitative estimate of drug-likeness (QED) is 0.417. The van der Waals surface area contributed by atoms with Crippen molar-refractivity contribution in [1.82, 2.24) is 15.2 Å². The first kappa shape index (κ1) is 19.1.